The molecule has 1 fully saturated rings. The normalized spacial score (nSPS) is 22.1. The molecule has 94 valence electrons. The molecule has 1 atom stereocenters. The van der Waals surface area contributed by atoms with Crippen molar-refractivity contribution in [2.45, 2.75) is 57.8 Å². The van der Waals surface area contributed by atoms with Crippen LogP contribution in [0.3, 0.4) is 0 Å². The summed E-state index contributed by atoms with van der Waals surface area (Å²) < 4.78 is 11.7. The van der Waals surface area contributed by atoms with Gasteiger partial charge < -0.3 is 9.16 Å². The predicted octanol–water partition coefficient (Wildman–Crippen LogP) is 3.74. The van der Waals surface area contributed by atoms with Crippen LogP contribution in [0.5, 0.6) is 0 Å². The Morgan fingerprint density at radius 2 is 1.94 bits per heavy atom. The van der Waals surface area contributed by atoms with E-state index < -0.39 is 8.32 Å². The average molecular weight is 242 g/mol. The van der Waals surface area contributed by atoms with Crippen molar-refractivity contribution in [2.75, 3.05) is 13.2 Å². The van der Waals surface area contributed by atoms with Crippen LogP contribution in [0.25, 0.3) is 0 Å². The molecule has 0 aromatic heterocycles. The highest BCUT2D eigenvalue weighted by atomic mass is 28.4. The number of rotatable bonds is 7. The highest BCUT2D eigenvalue weighted by molar-refractivity contribution is 6.73. The van der Waals surface area contributed by atoms with Crippen molar-refractivity contribution < 1.29 is 9.16 Å². The van der Waals surface area contributed by atoms with Gasteiger partial charge in [0.05, 0.1) is 12.7 Å². The second-order valence-electron chi connectivity index (χ2n) is 4.53. The first-order valence-corrected chi connectivity index (χ1v) is 9.21. The van der Waals surface area contributed by atoms with Gasteiger partial charge in [0.25, 0.3) is 0 Å². The molecule has 3 heteroatoms. The molecule has 0 aromatic rings. The summed E-state index contributed by atoms with van der Waals surface area (Å²) in [5.74, 6) is 0. The van der Waals surface area contributed by atoms with Crippen molar-refractivity contribution in [3.63, 3.8) is 0 Å². The van der Waals surface area contributed by atoms with Gasteiger partial charge in [-0.25, -0.2) is 0 Å². The molecule has 1 saturated heterocycles. The molecule has 1 aliphatic rings. The maximum absolute atomic E-state index is 6.13. The van der Waals surface area contributed by atoms with Gasteiger partial charge in [0.1, 0.15) is 0 Å². The number of ether oxygens (including phenoxy) is 1. The van der Waals surface area contributed by atoms with Crippen LogP contribution >= 0.6 is 0 Å². The molecule has 16 heavy (non-hydrogen) atoms. The summed E-state index contributed by atoms with van der Waals surface area (Å²) in [5, 5.41) is 0. The van der Waals surface area contributed by atoms with E-state index in [-0.39, 0.29) is 0 Å². The third-order valence-corrected chi connectivity index (χ3v) is 8.38. The summed E-state index contributed by atoms with van der Waals surface area (Å²) in [6.45, 7) is 8.50. The third kappa shape index (κ3) is 4.04. The summed E-state index contributed by atoms with van der Waals surface area (Å²) in [6, 6.07) is 3.69. The summed E-state index contributed by atoms with van der Waals surface area (Å²) in [5.41, 5.74) is 0. The molecule has 1 aliphatic heterocycles. The quantitative estimate of drug-likeness (QED) is 0.500. The Labute approximate surface area is 101 Å². The zero-order chi connectivity index (χ0) is 11.9. The van der Waals surface area contributed by atoms with E-state index in [0.29, 0.717) is 6.10 Å². The molecular formula is C13H26O2Si. The van der Waals surface area contributed by atoms with E-state index in [9.17, 15) is 0 Å². The second kappa shape index (κ2) is 7.25. The van der Waals surface area contributed by atoms with Gasteiger partial charge in [-0.2, -0.15) is 0 Å². The van der Waals surface area contributed by atoms with Crippen LogP contribution in [0.15, 0.2) is 12.2 Å². The van der Waals surface area contributed by atoms with Crippen LogP contribution < -0.4 is 0 Å². The third-order valence-electron chi connectivity index (χ3n) is 3.73. The molecule has 1 rings (SSSR count). The molecule has 1 heterocycles. The van der Waals surface area contributed by atoms with Gasteiger partial charge in [0.15, 0.2) is 8.32 Å². The summed E-state index contributed by atoms with van der Waals surface area (Å²) in [4.78, 5) is 0. The van der Waals surface area contributed by atoms with Crippen LogP contribution in [-0.4, -0.2) is 27.6 Å². The Kier molecular flexibility index (Phi) is 6.32. The average Bonchev–Trinajstić information content (AvgIpc) is 2.83. The topological polar surface area (TPSA) is 18.5 Å². The summed E-state index contributed by atoms with van der Waals surface area (Å²) >= 11 is 0. The Morgan fingerprint density at radius 1 is 1.25 bits per heavy atom. The van der Waals surface area contributed by atoms with Crippen molar-refractivity contribution in [2.24, 2.45) is 0 Å². The highest BCUT2D eigenvalue weighted by Gasteiger charge is 2.27. The SMILES string of the molecule is CC[Si](CC)(CC)OCC=CC1CCCO1. The first-order chi connectivity index (χ1) is 7.76. The van der Waals surface area contributed by atoms with Gasteiger partial charge in [-0.15, -0.1) is 0 Å². The van der Waals surface area contributed by atoms with Crippen LogP contribution in [0.4, 0.5) is 0 Å². The fourth-order valence-electron chi connectivity index (χ4n) is 2.24. The smallest absolute Gasteiger partial charge is 0.192 e. The van der Waals surface area contributed by atoms with E-state index in [1.54, 1.807) is 0 Å². The minimum absolute atomic E-state index is 0.351. The van der Waals surface area contributed by atoms with Gasteiger partial charge in [-0.3, -0.25) is 0 Å². The van der Waals surface area contributed by atoms with E-state index in [0.717, 1.165) is 13.2 Å². The summed E-state index contributed by atoms with van der Waals surface area (Å²) in [7, 11) is -1.39. The Bertz CT molecular complexity index is 198. The first kappa shape index (κ1) is 13.9. The van der Waals surface area contributed by atoms with Gasteiger partial charge >= 0.3 is 0 Å². The molecule has 0 amide bonds. The minimum atomic E-state index is -1.39. The first-order valence-electron chi connectivity index (χ1n) is 6.68. The second-order valence-corrected chi connectivity index (χ2v) is 9.31. The predicted molar refractivity (Wildman–Crippen MR) is 71.3 cm³/mol. The van der Waals surface area contributed by atoms with Crippen molar-refractivity contribution >= 4 is 8.32 Å². The van der Waals surface area contributed by atoms with Crippen LogP contribution in [0.1, 0.15) is 33.6 Å². The Morgan fingerprint density at radius 3 is 2.44 bits per heavy atom. The zero-order valence-corrected chi connectivity index (χ0v) is 12.0. The highest BCUT2D eigenvalue weighted by Crippen LogP contribution is 2.21. The maximum atomic E-state index is 6.13. The molecule has 1 unspecified atom stereocenters. The Hall–Kier alpha value is -0.123. The van der Waals surface area contributed by atoms with Gasteiger partial charge in [-0.1, -0.05) is 32.9 Å². The maximum Gasteiger partial charge on any atom is 0.192 e. The van der Waals surface area contributed by atoms with Crippen LogP contribution in [0.2, 0.25) is 18.1 Å². The lowest BCUT2D eigenvalue weighted by molar-refractivity contribution is 0.145. The van der Waals surface area contributed by atoms with Gasteiger partial charge in [0, 0.05) is 6.61 Å². The largest absolute Gasteiger partial charge is 0.413 e. The lowest BCUT2D eigenvalue weighted by atomic mass is 10.2. The molecule has 0 bridgehead atoms. The van der Waals surface area contributed by atoms with E-state index in [2.05, 4.69) is 32.9 Å². The van der Waals surface area contributed by atoms with Crippen molar-refractivity contribution in [1.29, 1.82) is 0 Å². The molecule has 0 N–H and O–H groups in total. The lowest BCUT2D eigenvalue weighted by Crippen LogP contribution is -2.35. The monoisotopic (exact) mass is 242 g/mol. The van der Waals surface area contributed by atoms with Crippen LogP contribution in [0, 0.1) is 0 Å². The van der Waals surface area contributed by atoms with Gasteiger partial charge in [-0.05, 0) is 31.0 Å². The van der Waals surface area contributed by atoms with Crippen LogP contribution in [-0.2, 0) is 9.16 Å². The standard InChI is InChI=1S/C13H26O2Si/c1-4-16(5-2,6-3)15-12-8-10-13-9-7-11-14-13/h8,10,13H,4-7,9,11-12H2,1-3H3. The molecular weight excluding hydrogens is 216 g/mol. The minimum Gasteiger partial charge on any atom is -0.413 e. The molecule has 0 saturated carbocycles. The molecule has 2 nitrogen and oxygen atoms in total. The van der Waals surface area contributed by atoms with E-state index in [1.807, 2.05) is 0 Å². The molecule has 0 spiro atoms. The zero-order valence-electron chi connectivity index (χ0n) is 11.0. The molecule has 0 aliphatic carbocycles. The van der Waals surface area contributed by atoms with Crippen molar-refractivity contribution in [1.82, 2.24) is 0 Å². The fourth-order valence-corrected chi connectivity index (χ4v) is 4.80. The molecule has 0 aromatic carbocycles. The van der Waals surface area contributed by atoms with E-state index >= 15 is 0 Å². The summed E-state index contributed by atoms with van der Waals surface area (Å²) in [6.07, 6.45) is 7.05. The lowest BCUT2D eigenvalue weighted by Gasteiger charge is -2.27. The van der Waals surface area contributed by atoms with E-state index in [1.165, 1.54) is 31.0 Å². The van der Waals surface area contributed by atoms with Crippen molar-refractivity contribution in [3.05, 3.63) is 12.2 Å². The Balaban J connectivity index is 2.26. The fraction of sp³-hybridized carbons (Fsp3) is 0.846. The van der Waals surface area contributed by atoms with Gasteiger partial charge in [0.2, 0.25) is 0 Å². The molecule has 0 radical (unpaired) electrons. The number of hydrogen-bond acceptors (Lipinski definition) is 2. The van der Waals surface area contributed by atoms with E-state index in [4.69, 9.17) is 9.16 Å². The number of hydrogen-bond donors (Lipinski definition) is 0. The van der Waals surface area contributed by atoms with Crippen molar-refractivity contribution in [3.8, 4) is 0 Å².